The Morgan fingerprint density at radius 2 is 2.00 bits per heavy atom. The number of nitrogens with zero attached hydrogens (tertiary/aromatic N) is 1. The van der Waals surface area contributed by atoms with Gasteiger partial charge in [0.15, 0.2) is 0 Å². The van der Waals surface area contributed by atoms with Gasteiger partial charge in [-0.15, -0.1) is 0 Å². The van der Waals surface area contributed by atoms with Crippen LogP contribution in [0.2, 0.25) is 0 Å². The molecule has 0 fully saturated rings. The summed E-state index contributed by atoms with van der Waals surface area (Å²) < 4.78 is 7.31. The summed E-state index contributed by atoms with van der Waals surface area (Å²) in [4.78, 5) is 11.0. The second kappa shape index (κ2) is 3.70. The van der Waals surface area contributed by atoms with Gasteiger partial charge >= 0.3 is 10.2 Å². The molecule has 0 spiro atoms. The van der Waals surface area contributed by atoms with Crippen molar-refractivity contribution in [1.82, 2.24) is 5.27 Å². The molecule has 1 N–H and O–H groups in total. The van der Waals surface area contributed by atoms with Crippen LogP contribution in [0, 0.1) is 0 Å². The molecular formula is C8H5Br2N2O2+. The molecule has 0 amide bonds. The number of aromatic amines is 1. The summed E-state index contributed by atoms with van der Waals surface area (Å²) in [5.41, 5.74) is 0.353. The molecule has 0 saturated carbocycles. The van der Waals surface area contributed by atoms with E-state index in [9.17, 15) is 4.79 Å². The summed E-state index contributed by atoms with van der Waals surface area (Å²) in [6.07, 6.45) is 0. The number of para-hydroxylation sites is 1. The summed E-state index contributed by atoms with van der Waals surface area (Å²) in [5.74, 6) is 0. The van der Waals surface area contributed by atoms with Gasteiger partial charge in [0.1, 0.15) is 0 Å². The molecule has 0 unspecified atom stereocenters. The van der Waals surface area contributed by atoms with Crippen LogP contribution in [0.15, 0.2) is 42.7 Å². The molecular weight excluding hydrogens is 316 g/mol. The molecule has 2 aromatic rings. The topological polar surface area (TPSA) is 49.9 Å². The van der Waals surface area contributed by atoms with Crippen LogP contribution in [0.3, 0.4) is 0 Å². The fourth-order valence-corrected chi connectivity index (χ4v) is 1.86. The molecule has 1 aromatic heterocycles. The second-order valence-electron chi connectivity index (χ2n) is 2.56. The third-order valence-corrected chi connectivity index (χ3v) is 3.04. The number of hydrogen-bond donors (Lipinski definition) is 1. The molecule has 0 atom stereocenters. The fourth-order valence-electron chi connectivity index (χ4n) is 1.05. The average Bonchev–Trinajstić information content (AvgIpc) is 2.49. The van der Waals surface area contributed by atoms with Crippen molar-refractivity contribution in [1.29, 1.82) is 0 Å². The van der Waals surface area contributed by atoms with E-state index in [1.807, 2.05) is 24.3 Å². The van der Waals surface area contributed by atoms with Gasteiger partial charge < -0.3 is 0 Å². The Morgan fingerprint density at radius 1 is 1.29 bits per heavy atom. The molecule has 4 nitrogen and oxygen atoms in total. The molecule has 0 bridgehead atoms. The van der Waals surface area contributed by atoms with E-state index in [0.29, 0.717) is 4.60 Å². The van der Waals surface area contributed by atoms with E-state index in [4.69, 9.17) is 0 Å². The van der Waals surface area contributed by atoms with Gasteiger partial charge in [-0.05, 0) is 31.9 Å². The Morgan fingerprint density at radius 3 is 2.57 bits per heavy atom. The van der Waals surface area contributed by atoms with Gasteiger partial charge in [-0.2, -0.15) is 0 Å². The van der Waals surface area contributed by atoms with E-state index in [-0.39, 0.29) is 0 Å². The number of benzene rings is 1. The summed E-state index contributed by atoms with van der Waals surface area (Å²) >= 11 is 6.50. The number of rotatable bonds is 1. The number of aromatic nitrogens is 2. The first-order chi connectivity index (χ1) is 6.70. The third kappa shape index (κ3) is 1.55. The van der Waals surface area contributed by atoms with Crippen molar-refractivity contribution in [2.45, 2.75) is 0 Å². The first kappa shape index (κ1) is 9.67. The highest BCUT2D eigenvalue weighted by atomic mass is 79.9. The molecule has 6 heteroatoms. The van der Waals surface area contributed by atoms with E-state index in [2.05, 4.69) is 41.7 Å². The molecule has 0 saturated heterocycles. The number of nitrogens with one attached hydrogen (secondary N) is 1. The predicted molar refractivity (Wildman–Crippen MR) is 56.3 cm³/mol. The van der Waals surface area contributed by atoms with Gasteiger partial charge in [-0.1, -0.05) is 12.1 Å². The first-order valence-corrected chi connectivity index (χ1v) is 5.32. The minimum absolute atomic E-state index is 0.324. The van der Waals surface area contributed by atoms with Crippen LogP contribution in [0.1, 0.15) is 0 Å². The molecule has 0 aliphatic carbocycles. The van der Waals surface area contributed by atoms with Crippen molar-refractivity contribution < 1.29 is 9.20 Å². The monoisotopic (exact) mass is 319 g/mol. The van der Waals surface area contributed by atoms with Gasteiger partial charge in [-0.3, -0.25) is 4.52 Å². The lowest BCUT2D eigenvalue weighted by Gasteiger charge is -1.92. The Hall–Kier alpha value is -0.880. The Balaban J connectivity index is 2.66. The fraction of sp³-hybridized carbons (Fsp3) is 0. The van der Waals surface area contributed by atoms with E-state index in [1.54, 1.807) is 0 Å². The normalized spacial score (nSPS) is 10.4. The van der Waals surface area contributed by atoms with Crippen molar-refractivity contribution in [3.8, 4) is 5.69 Å². The molecule has 14 heavy (non-hydrogen) atoms. The van der Waals surface area contributed by atoms with Crippen molar-refractivity contribution in [3.05, 3.63) is 43.8 Å². The van der Waals surface area contributed by atoms with E-state index in [1.165, 1.54) is 4.68 Å². The number of halogens is 2. The molecule has 1 aromatic carbocycles. The predicted octanol–water partition coefficient (Wildman–Crippen LogP) is 1.77. The summed E-state index contributed by atoms with van der Waals surface area (Å²) in [6.45, 7) is 0. The molecule has 0 aliphatic rings. The summed E-state index contributed by atoms with van der Waals surface area (Å²) in [6, 6.07) is 7.48. The summed E-state index contributed by atoms with van der Waals surface area (Å²) in [7, 11) is 0. The van der Waals surface area contributed by atoms with Crippen LogP contribution >= 0.6 is 31.9 Å². The maximum Gasteiger partial charge on any atom is 0.442 e. The zero-order chi connectivity index (χ0) is 10.1. The standard InChI is InChI=1S/C8H4Br2N2O2/c9-5-3-1-2-4-6(5)12-7(10)8(13)14-11-12/h1-4H/p+1. The molecule has 0 radical (unpaired) electrons. The smallest absolute Gasteiger partial charge is 0.282 e. The molecule has 0 aliphatic heterocycles. The van der Waals surface area contributed by atoms with Gasteiger partial charge in [0.05, 0.1) is 4.47 Å². The van der Waals surface area contributed by atoms with Gasteiger partial charge in [-0.25, -0.2) is 4.79 Å². The van der Waals surface area contributed by atoms with Gasteiger partial charge in [0.25, 0.3) is 5.69 Å². The van der Waals surface area contributed by atoms with Gasteiger partial charge in [0, 0.05) is 22.0 Å². The van der Waals surface area contributed by atoms with Crippen LogP contribution in [-0.4, -0.2) is 5.27 Å². The van der Waals surface area contributed by atoms with Crippen LogP contribution in [-0.2, 0) is 0 Å². The third-order valence-electron chi connectivity index (χ3n) is 1.69. The van der Waals surface area contributed by atoms with Crippen molar-refractivity contribution in [2.24, 2.45) is 0 Å². The second-order valence-corrected chi connectivity index (χ2v) is 4.16. The van der Waals surface area contributed by atoms with Gasteiger partial charge in [0.2, 0.25) is 0 Å². The van der Waals surface area contributed by atoms with Crippen LogP contribution in [0.5, 0.6) is 0 Å². The largest absolute Gasteiger partial charge is 0.442 e. The van der Waals surface area contributed by atoms with E-state index < -0.39 is 5.63 Å². The zero-order valence-electron chi connectivity index (χ0n) is 6.83. The number of H-pyrrole nitrogens is 1. The van der Waals surface area contributed by atoms with Crippen molar-refractivity contribution in [2.75, 3.05) is 0 Å². The Bertz CT molecular complexity index is 518. The average molecular weight is 321 g/mol. The SMILES string of the molecule is O=c1o[nH][n+](-c2ccccc2Br)c1Br. The van der Waals surface area contributed by atoms with Crippen LogP contribution < -0.4 is 10.3 Å². The molecule has 1 heterocycles. The number of hydrogen-bond acceptors (Lipinski definition) is 2. The highest BCUT2D eigenvalue weighted by molar-refractivity contribution is 9.10. The summed E-state index contributed by atoms with van der Waals surface area (Å²) in [5, 5.41) is 2.48. The van der Waals surface area contributed by atoms with Crippen LogP contribution in [0.4, 0.5) is 0 Å². The lowest BCUT2D eigenvalue weighted by atomic mass is 10.3. The quantitative estimate of drug-likeness (QED) is 0.814. The van der Waals surface area contributed by atoms with E-state index >= 15 is 0 Å². The maximum absolute atomic E-state index is 11.0. The Labute approximate surface area is 95.7 Å². The maximum atomic E-state index is 11.0. The molecule has 2 rings (SSSR count). The minimum Gasteiger partial charge on any atom is -0.282 e. The van der Waals surface area contributed by atoms with Crippen LogP contribution in [0.25, 0.3) is 5.69 Å². The lowest BCUT2D eigenvalue weighted by molar-refractivity contribution is -0.681. The van der Waals surface area contributed by atoms with Crippen molar-refractivity contribution in [3.63, 3.8) is 0 Å². The molecule has 72 valence electrons. The Kier molecular flexibility index (Phi) is 2.56. The minimum atomic E-state index is -0.444. The zero-order valence-corrected chi connectivity index (χ0v) is 10.0. The van der Waals surface area contributed by atoms with E-state index in [0.717, 1.165) is 10.2 Å². The highest BCUT2D eigenvalue weighted by Gasteiger charge is 2.21. The van der Waals surface area contributed by atoms with Crippen molar-refractivity contribution >= 4 is 31.9 Å². The highest BCUT2D eigenvalue weighted by Crippen LogP contribution is 2.15. The first-order valence-electron chi connectivity index (χ1n) is 3.74. The lowest BCUT2D eigenvalue weighted by Crippen LogP contribution is -2.35.